The Kier molecular flexibility index (Phi) is 3.84. The van der Waals surface area contributed by atoms with Crippen molar-refractivity contribution in [3.63, 3.8) is 0 Å². The van der Waals surface area contributed by atoms with E-state index in [1.807, 2.05) is 0 Å². The Bertz CT molecular complexity index is 658. The van der Waals surface area contributed by atoms with Crippen LogP contribution in [0.4, 0.5) is 4.39 Å². The molecule has 0 saturated heterocycles. The zero-order valence-electron chi connectivity index (χ0n) is 11.2. The highest BCUT2D eigenvalue weighted by Gasteiger charge is 2.34. The van der Waals surface area contributed by atoms with Crippen molar-refractivity contribution in [3.05, 3.63) is 58.6 Å². The van der Waals surface area contributed by atoms with E-state index in [4.69, 9.17) is 11.6 Å². The van der Waals surface area contributed by atoms with Crippen LogP contribution in [0, 0.1) is 5.82 Å². The average Bonchev–Trinajstić information content (AvgIpc) is 3.31. The molecule has 1 saturated carbocycles. The molecule has 0 spiro atoms. The Morgan fingerprint density at radius 2 is 2.00 bits per heavy atom. The monoisotopic (exact) mass is 305 g/mol. The number of hydrogen-bond acceptors (Lipinski definition) is 3. The first-order valence-corrected chi connectivity index (χ1v) is 7.06. The van der Waals surface area contributed by atoms with Crippen LogP contribution < -0.4 is 0 Å². The molecule has 6 heteroatoms. The molecule has 3 rings (SSSR count). The summed E-state index contributed by atoms with van der Waals surface area (Å²) in [5, 5.41) is 7.72. The zero-order chi connectivity index (χ0) is 14.8. The molecule has 0 aliphatic heterocycles. The second-order valence-corrected chi connectivity index (χ2v) is 5.38. The summed E-state index contributed by atoms with van der Waals surface area (Å²) in [6.45, 7) is 0.237. The number of carbonyl (C=O) groups is 1. The van der Waals surface area contributed by atoms with Gasteiger partial charge in [-0.15, -0.1) is 10.2 Å². The molecular formula is C15H13ClFN3O. The molecule has 108 valence electrons. The van der Waals surface area contributed by atoms with Gasteiger partial charge < -0.3 is 4.90 Å². The molecule has 1 aliphatic rings. The lowest BCUT2D eigenvalue weighted by Gasteiger charge is -2.22. The van der Waals surface area contributed by atoms with E-state index in [0.29, 0.717) is 5.56 Å². The molecule has 21 heavy (non-hydrogen) atoms. The van der Waals surface area contributed by atoms with Crippen LogP contribution in [0.1, 0.15) is 28.9 Å². The number of halogens is 2. The Hall–Kier alpha value is -2.01. The highest BCUT2D eigenvalue weighted by Crippen LogP contribution is 2.30. The Balaban J connectivity index is 1.83. The average molecular weight is 306 g/mol. The Labute approximate surface area is 126 Å². The first-order chi connectivity index (χ1) is 10.1. The number of nitrogens with zero attached hydrogens (tertiary/aromatic N) is 3. The quantitative estimate of drug-likeness (QED) is 0.872. The number of hydrogen-bond donors (Lipinski definition) is 0. The van der Waals surface area contributed by atoms with Crippen LogP contribution in [0.5, 0.6) is 0 Å². The molecule has 1 aliphatic carbocycles. The van der Waals surface area contributed by atoms with E-state index in [2.05, 4.69) is 10.2 Å². The standard InChI is InChI=1S/C15H13ClFN3O/c16-14-8-7-13(18-19-14)15(21)20(11-5-6-11)9-10-3-1-2-4-12(10)17/h1-4,7-8,11H,5-6,9H2. The van der Waals surface area contributed by atoms with Crippen LogP contribution in [0.3, 0.4) is 0 Å². The molecule has 0 N–H and O–H groups in total. The normalized spacial score (nSPS) is 14.0. The maximum atomic E-state index is 13.8. The summed E-state index contributed by atoms with van der Waals surface area (Å²) in [5.74, 6) is -0.553. The van der Waals surface area contributed by atoms with Gasteiger partial charge in [0, 0.05) is 18.2 Å². The van der Waals surface area contributed by atoms with Gasteiger partial charge in [0.05, 0.1) is 0 Å². The summed E-state index contributed by atoms with van der Waals surface area (Å²) < 4.78 is 13.8. The van der Waals surface area contributed by atoms with Crippen LogP contribution in [0.2, 0.25) is 5.15 Å². The van der Waals surface area contributed by atoms with Gasteiger partial charge >= 0.3 is 0 Å². The van der Waals surface area contributed by atoms with Gasteiger partial charge in [-0.05, 0) is 31.0 Å². The minimum atomic E-state index is -0.307. The maximum absolute atomic E-state index is 13.8. The van der Waals surface area contributed by atoms with Gasteiger partial charge in [0.25, 0.3) is 5.91 Å². The van der Waals surface area contributed by atoms with Crippen molar-refractivity contribution in [2.45, 2.75) is 25.4 Å². The zero-order valence-corrected chi connectivity index (χ0v) is 11.9. The predicted molar refractivity (Wildman–Crippen MR) is 76.3 cm³/mol. The SMILES string of the molecule is O=C(c1ccc(Cl)nn1)N(Cc1ccccc1F)C1CC1. The summed E-state index contributed by atoms with van der Waals surface area (Å²) in [7, 11) is 0. The van der Waals surface area contributed by atoms with Crippen LogP contribution >= 0.6 is 11.6 Å². The van der Waals surface area contributed by atoms with Crippen LogP contribution in [0.15, 0.2) is 36.4 Å². The van der Waals surface area contributed by atoms with Gasteiger partial charge in [0.2, 0.25) is 0 Å². The maximum Gasteiger partial charge on any atom is 0.274 e. The van der Waals surface area contributed by atoms with E-state index in [0.717, 1.165) is 12.8 Å². The van der Waals surface area contributed by atoms with Gasteiger partial charge in [-0.3, -0.25) is 4.79 Å². The number of rotatable bonds is 4. The van der Waals surface area contributed by atoms with E-state index in [1.165, 1.54) is 18.2 Å². The third kappa shape index (κ3) is 3.19. The lowest BCUT2D eigenvalue weighted by atomic mass is 10.2. The van der Waals surface area contributed by atoms with Gasteiger partial charge in [-0.25, -0.2) is 4.39 Å². The lowest BCUT2D eigenvalue weighted by Crippen LogP contribution is -2.33. The summed E-state index contributed by atoms with van der Waals surface area (Å²) >= 11 is 5.67. The van der Waals surface area contributed by atoms with Crippen molar-refractivity contribution in [2.75, 3.05) is 0 Å². The summed E-state index contributed by atoms with van der Waals surface area (Å²) in [6, 6.07) is 9.68. The van der Waals surface area contributed by atoms with Crippen LogP contribution in [-0.2, 0) is 6.54 Å². The minimum absolute atomic E-state index is 0.148. The van der Waals surface area contributed by atoms with Gasteiger partial charge in [-0.2, -0.15) is 0 Å². The number of aromatic nitrogens is 2. The van der Waals surface area contributed by atoms with Gasteiger partial charge in [0.15, 0.2) is 10.8 Å². The highest BCUT2D eigenvalue weighted by molar-refractivity contribution is 6.29. The third-order valence-corrected chi connectivity index (χ3v) is 3.60. The molecule has 1 fully saturated rings. The lowest BCUT2D eigenvalue weighted by molar-refractivity contribution is 0.0721. The number of benzene rings is 1. The van der Waals surface area contributed by atoms with E-state index < -0.39 is 0 Å². The highest BCUT2D eigenvalue weighted by atomic mass is 35.5. The molecule has 2 aromatic rings. The van der Waals surface area contributed by atoms with Crippen molar-refractivity contribution in [1.82, 2.24) is 15.1 Å². The van der Waals surface area contributed by atoms with Crippen molar-refractivity contribution >= 4 is 17.5 Å². The smallest absolute Gasteiger partial charge is 0.274 e. The molecule has 1 heterocycles. The topological polar surface area (TPSA) is 46.1 Å². The molecule has 1 amide bonds. The summed E-state index contributed by atoms with van der Waals surface area (Å²) in [5.41, 5.74) is 0.724. The number of carbonyl (C=O) groups excluding carboxylic acids is 1. The largest absolute Gasteiger partial charge is 0.330 e. The summed E-state index contributed by atoms with van der Waals surface area (Å²) in [4.78, 5) is 14.2. The molecule has 0 radical (unpaired) electrons. The second-order valence-electron chi connectivity index (χ2n) is 5.00. The Morgan fingerprint density at radius 3 is 2.62 bits per heavy atom. The molecule has 0 unspecified atom stereocenters. The number of amides is 1. The fourth-order valence-electron chi connectivity index (χ4n) is 2.14. The Morgan fingerprint density at radius 1 is 1.24 bits per heavy atom. The fraction of sp³-hybridized carbons (Fsp3) is 0.267. The second kappa shape index (κ2) is 5.77. The van der Waals surface area contributed by atoms with Crippen LogP contribution in [0.25, 0.3) is 0 Å². The fourth-order valence-corrected chi connectivity index (χ4v) is 2.24. The van der Waals surface area contributed by atoms with Crippen molar-refractivity contribution in [3.8, 4) is 0 Å². The molecule has 0 bridgehead atoms. The van der Waals surface area contributed by atoms with Gasteiger partial charge in [-0.1, -0.05) is 29.8 Å². The van der Waals surface area contributed by atoms with E-state index in [9.17, 15) is 9.18 Å². The van der Waals surface area contributed by atoms with Crippen molar-refractivity contribution < 1.29 is 9.18 Å². The van der Waals surface area contributed by atoms with Crippen molar-refractivity contribution in [2.24, 2.45) is 0 Å². The van der Waals surface area contributed by atoms with Crippen molar-refractivity contribution in [1.29, 1.82) is 0 Å². The first kappa shape index (κ1) is 13.9. The minimum Gasteiger partial charge on any atom is -0.330 e. The van der Waals surface area contributed by atoms with Gasteiger partial charge in [0.1, 0.15) is 5.82 Å². The summed E-state index contributed by atoms with van der Waals surface area (Å²) in [6.07, 6.45) is 1.86. The first-order valence-electron chi connectivity index (χ1n) is 6.69. The molecule has 1 aromatic heterocycles. The molecule has 1 aromatic carbocycles. The molecule has 4 nitrogen and oxygen atoms in total. The van der Waals surface area contributed by atoms with E-state index in [-0.39, 0.29) is 35.2 Å². The molecular weight excluding hydrogens is 293 g/mol. The van der Waals surface area contributed by atoms with E-state index in [1.54, 1.807) is 23.1 Å². The predicted octanol–water partition coefficient (Wildman–Crippen LogP) is 3.07. The van der Waals surface area contributed by atoms with E-state index >= 15 is 0 Å². The third-order valence-electron chi connectivity index (χ3n) is 3.40. The van der Waals surface area contributed by atoms with Crippen LogP contribution in [-0.4, -0.2) is 27.0 Å². The molecule has 0 atom stereocenters.